The third kappa shape index (κ3) is 4.18. The standard InChI is InChI=1S/C19H23ClF2N2O3/c1-19(2,3)27-18(26)24-9-10-5-4-6-11(10)16(24)17(25)23-15-7-12(20)13(21)8-14(15)22/h7-8,10-11,16H,4-6,9H2,1-3H3,(H,23,25)/t10?,11?,16-/m0/s1. The van der Waals surface area contributed by atoms with Crippen LogP contribution >= 0.6 is 11.6 Å². The summed E-state index contributed by atoms with van der Waals surface area (Å²) < 4.78 is 32.8. The zero-order chi connectivity index (χ0) is 19.9. The minimum absolute atomic E-state index is 0.00324. The third-order valence-corrected chi connectivity index (χ3v) is 5.34. The Bertz CT molecular complexity index is 766. The van der Waals surface area contributed by atoms with E-state index < -0.39 is 35.3 Å². The zero-order valence-corrected chi connectivity index (χ0v) is 16.3. The van der Waals surface area contributed by atoms with Gasteiger partial charge in [0.25, 0.3) is 0 Å². The highest BCUT2D eigenvalue weighted by atomic mass is 35.5. The van der Waals surface area contributed by atoms with Crippen LogP contribution < -0.4 is 5.32 Å². The van der Waals surface area contributed by atoms with Crippen molar-refractivity contribution in [2.45, 2.75) is 51.7 Å². The summed E-state index contributed by atoms with van der Waals surface area (Å²) in [6.07, 6.45) is 2.17. The summed E-state index contributed by atoms with van der Waals surface area (Å²) in [7, 11) is 0. The number of rotatable bonds is 2. The maximum Gasteiger partial charge on any atom is 0.410 e. The summed E-state index contributed by atoms with van der Waals surface area (Å²) in [5.41, 5.74) is -0.899. The topological polar surface area (TPSA) is 58.6 Å². The molecule has 2 unspecified atom stereocenters. The maximum atomic E-state index is 14.0. The van der Waals surface area contributed by atoms with Gasteiger partial charge in [0.2, 0.25) is 5.91 Å². The largest absolute Gasteiger partial charge is 0.444 e. The van der Waals surface area contributed by atoms with Crippen LogP contribution in [-0.4, -0.2) is 35.1 Å². The Morgan fingerprint density at radius 3 is 2.59 bits per heavy atom. The van der Waals surface area contributed by atoms with E-state index in [9.17, 15) is 18.4 Å². The lowest BCUT2D eigenvalue weighted by molar-refractivity contribution is -0.121. The van der Waals surface area contributed by atoms with Crippen molar-refractivity contribution in [2.24, 2.45) is 11.8 Å². The van der Waals surface area contributed by atoms with E-state index in [0.717, 1.165) is 25.3 Å². The fourth-order valence-corrected chi connectivity index (χ4v) is 4.14. The van der Waals surface area contributed by atoms with Crippen LogP contribution in [0.1, 0.15) is 40.0 Å². The molecular weight excluding hydrogens is 378 g/mol. The molecule has 0 bridgehead atoms. The number of anilines is 1. The summed E-state index contributed by atoms with van der Waals surface area (Å²) in [5.74, 6) is -2.13. The molecule has 5 nitrogen and oxygen atoms in total. The Balaban J connectivity index is 1.83. The molecule has 1 aromatic carbocycles. The second-order valence-corrected chi connectivity index (χ2v) is 8.57. The molecule has 0 aromatic heterocycles. The highest BCUT2D eigenvalue weighted by Crippen LogP contribution is 2.43. The number of nitrogens with zero attached hydrogens (tertiary/aromatic N) is 1. The number of fused-ring (bicyclic) bond motifs is 1. The van der Waals surface area contributed by atoms with Crippen LogP contribution in [0.5, 0.6) is 0 Å². The van der Waals surface area contributed by atoms with Crippen molar-refractivity contribution in [1.29, 1.82) is 0 Å². The molecular formula is C19H23ClF2N2O3. The quantitative estimate of drug-likeness (QED) is 0.738. The maximum absolute atomic E-state index is 14.0. The highest BCUT2D eigenvalue weighted by Gasteiger charge is 2.50. The van der Waals surface area contributed by atoms with Gasteiger partial charge < -0.3 is 10.1 Å². The number of hydrogen-bond donors (Lipinski definition) is 1. The fraction of sp³-hybridized carbons (Fsp3) is 0.579. The van der Waals surface area contributed by atoms with Gasteiger partial charge in [0.05, 0.1) is 10.7 Å². The number of nitrogens with one attached hydrogen (secondary N) is 1. The van der Waals surface area contributed by atoms with Crippen molar-refractivity contribution in [3.63, 3.8) is 0 Å². The normalized spacial score (nSPS) is 24.7. The van der Waals surface area contributed by atoms with E-state index >= 15 is 0 Å². The Morgan fingerprint density at radius 1 is 1.22 bits per heavy atom. The van der Waals surface area contributed by atoms with Crippen LogP contribution in [0, 0.1) is 23.5 Å². The fourth-order valence-electron chi connectivity index (χ4n) is 3.97. The van der Waals surface area contributed by atoms with E-state index in [1.165, 1.54) is 4.90 Å². The number of ether oxygens (including phenoxy) is 1. The molecule has 2 aliphatic rings. The molecule has 27 heavy (non-hydrogen) atoms. The second-order valence-electron chi connectivity index (χ2n) is 8.17. The van der Waals surface area contributed by atoms with Crippen LogP contribution in [0.2, 0.25) is 5.02 Å². The molecule has 1 N–H and O–H groups in total. The zero-order valence-electron chi connectivity index (χ0n) is 15.5. The van der Waals surface area contributed by atoms with E-state index in [4.69, 9.17) is 16.3 Å². The minimum Gasteiger partial charge on any atom is -0.444 e. The summed E-state index contributed by atoms with van der Waals surface area (Å²) in [4.78, 5) is 27.0. The number of likely N-dealkylation sites (tertiary alicyclic amines) is 1. The predicted molar refractivity (Wildman–Crippen MR) is 97.6 cm³/mol. The van der Waals surface area contributed by atoms with Crippen molar-refractivity contribution in [1.82, 2.24) is 4.90 Å². The Hall–Kier alpha value is -1.89. The highest BCUT2D eigenvalue weighted by molar-refractivity contribution is 6.31. The van der Waals surface area contributed by atoms with Crippen LogP contribution in [0.15, 0.2) is 12.1 Å². The van der Waals surface area contributed by atoms with Gasteiger partial charge >= 0.3 is 6.09 Å². The van der Waals surface area contributed by atoms with Gasteiger partial charge in [-0.05, 0) is 51.5 Å². The van der Waals surface area contributed by atoms with Crippen molar-refractivity contribution >= 4 is 29.3 Å². The van der Waals surface area contributed by atoms with Gasteiger partial charge in [0.1, 0.15) is 23.3 Å². The number of amides is 2. The van der Waals surface area contributed by atoms with Gasteiger partial charge in [-0.1, -0.05) is 18.0 Å². The monoisotopic (exact) mass is 400 g/mol. The van der Waals surface area contributed by atoms with E-state index in [1.807, 2.05) is 0 Å². The molecule has 3 rings (SSSR count). The van der Waals surface area contributed by atoms with Gasteiger partial charge in [0, 0.05) is 12.6 Å². The molecule has 0 spiro atoms. The van der Waals surface area contributed by atoms with E-state index in [0.29, 0.717) is 12.6 Å². The van der Waals surface area contributed by atoms with E-state index in [2.05, 4.69) is 5.32 Å². The molecule has 2 fully saturated rings. The summed E-state index contributed by atoms with van der Waals surface area (Å²) in [6, 6.07) is 0.898. The summed E-state index contributed by atoms with van der Waals surface area (Å²) in [5, 5.41) is 2.18. The van der Waals surface area contributed by atoms with E-state index in [-0.39, 0.29) is 22.5 Å². The minimum atomic E-state index is -0.921. The molecule has 8 heteroatoms. The predicted octanol–water partition coefficient (Wildman–Crippen LogP) is 4.59. The molecule has 0 radical (unpaired) electrons. The first kappa shape index (κ1) is 19.9. The summed E-state index contributed by atoms with van der Waals surface area (Å²) >= 11 is 5.69. The van der Waals surface area contributed by atoms with Gasteiger partial charge in [-0.2, -0.15) is 0 Å². The van der Waals surface area contributed by atoms with Crippen molar-refractivity contribution in [3.8, 4) is 0 Å². The average Bonchev–Trinajstić information content (AvgIpc) is 3.11. The van der Waals surface area contributed by atoms with Gasteiger partial charge in [0.15, 0.2) is 0 Å². The molecule has 1 saturated heterocycles. The van der Waals surface area contributed by atoms with Gasteiger partial charge in [-0.25, -0.2) is 13.6 Å². The molecule has 1 aliphatic carbocycles. The number of benzene rings is 1. The molecule has 3 atom stereocenters. The lowest BCUT2D eigenvalue weighted by Crippen LogP contribution is -2.47. The Morgan fingerprint density at radius 2 is 1.93 bits per heavy atom. The second kappa shape index (κ2) is 7.26. The van der Waals surface area contributed by atoms with Crippen LogP contribution in [0.25, 0.3) is 0 Å². The molecule has 148 valence electrons. The first-order valence-electron chi connectivity index (χ1n) is 9.02. The van der Waals surface area contributed by atoms with Crippen molar-refractivity contribution < 1.29 is 23.1 Å². The van der Waals surface area contributed by atoms with Crippen LogP contribution in [0.4, 0.5) is 19.3 Å². The lowest BCUT2D eigenvalue weighted by atomic mass is 9.93. The smallest absolute Gasteiger partial charge is 0.410 e. The first-order chi connectivity index (χ1) is 12.6. The molecule has 2 amide bonds. The Kier molecular flexibility index (Phi) is 5.34. The number of carbonyl (C=O) groups is 2. The average molecular weight is 401 g/mol. The molecule has 1 heterocycles. The number of hydrogen-bond acceptors (Lipinski definition) is 3. The van der Waals surface area contributed by atoms with E-state index in [1.54, 1.807) is 20.8 Å². The van der Waals surface area contributed by atoms with Gasteiger partial charge in [-0.15, -0.1) is 0 Å². The lowest BCUT2D eigenvalue weighted by Gasteiger charge is -2.29. The van der Waals surface area contributed by atoms with Crippen molar-refractivity contribution in [3.05, 3.63) is 28.8 Å². The number of halogens is 3. The molecule has 1 aliphatic heterocycles. The van der Waals surface area contributed by atoms with Crippen molar-refractivity contribution in [2.75, 3.05) is 11.9 Å². The van der Waals surface area contributed by atoms with Crippen LogP contribution in [0.3, 0.4) is 0 Å². The Labute approximate surface area is 162 Å². The van der Waals surface area contributed by atoms with Crippen LogP contribution in [-0.2, 0) is 9.53 Å². The summed E-state index contributed by atoms with van der Waals surface area (Å²) in [6.45, 7) is 5.70. The first-order valence-corrected chi connectivity index (χ1v) is 9.39. The third-order valence-electron chi connectivity index (χ3n) is 5.05. The number of carbonyl (C=O) groups excluding carboxylic acids is 2. The SMILES string of the molecule is CC(C)(C)OC(=O)N1CC2CCCC2[C@H]1C(=O)Nc1cc(Cl)c(F)cc1F. The molecule has 1 aromatic rings. The van der Waals surface area contributed by atoms with Gasteiger partial charge in [-0.3, -0.25) is 9.69 Å². The molecule has 1 saturated carbocycles.